The third kappa shape index (κ3) is 6.08. The summed E-state index contributed by atoms with van der Waals surface area (Å²) in [6.07, 6.45) is 1.69. The molecule has 2 aromatic rings. The van der Waals surface area contributed by atoms with Crippen LogP contribution in [0.15, 0.2) is 42.5 Å². The first-order chi connectivity index (χ1) is 13.6. The van der Waals surface area contributed by atoms with Crippen LogP contribution < -0.4 is 24.3 Å². The number of aryl methyl sites for hydroxylation is 1. The maximum Gasteiger partial charge on any atom is 0.261 e. The second kappa shape index (κ2) is 11.1. The summed E-state index contributed by atoms with van der Waals surface area (Å²) in [5.41, 5.74) is 1.13. The number of nitrogens with one attached hydrogen (secondary N) is 1. The summed E-state index contributed by atoms with van der Waals surface area (Å²) >= 11 is 0. The Morgan fingerprint density at radius 1 is 0.964 bits per heavy atom. The van der Waals surface area contributed by atoms with Gasteiger partial charge in [0, 0.05) is 12.6 Å². The molecule has 152 valence electrons. The standard InChI is InChI=1S/C22H29NO5/c1-5-19(28-18-10-6-9-17(15-18)25-2)22(24)23-13-7-8-16-11-12-20(26-3)21(14-16)27-4/h6,9-12,14-15,19H,5,7-8,13H2,1-4H3,(H,23,24)/t19-/m1/s1. The highest BCUT2D eigenvalue weighted by Crippen LogP contribution is 2.28. The van der Waals surface area contributed by atoms with Gasteiger partial charge in [-0.1, -0.05) is 19.1 Å². The summed E-state index contributed by atoms with van der Waals surface area (Å²) in [4.78, 5) is 12.4. The van der Waals surface area contributed by atoms with Crippen molar-refractivity contribution in [2.24, 2.45) is 0 Å². The molecule has 0 unspecified atom stereocenters. The van der Waals surface area contributed by atoms with E-state index >= 15 is 0 Å². The van der Waals surface area contributed by atoms with E-state index in [1.165, 1.54) is 0 Å². The summed E-state index contributed by atoms with van der Waals surface area (Å²) < 4.78 is 21.6. The number of methoxy groups -OCH3 is 3. The summed E-state index contributed by atoms with van der Waals surface area (Å²) in [5, 5.41) is 2.95. The molecule has 1 amide bonds. The Hall–Kier alpha value is -2.89. The van der Waals surface area contributed by atoms with Crippen LogP contribution in [0, 0.1) is 0 Å². The van der Waals surface area contributed by atoms with Gasteiger partial charge in [-0.3, -0.25) is 4.79 Å². The molecule has 1 N–H and O–H groups in total. The van der Waals surface area contributed by atoms with E-state index in [-0.39, 0.29) is 5.91 Å². The predicted molar refractivity (Wildman–Crippen MR) is 109 cm³/mol. The quantitative estimate of drug-likeness (QED) is 0.597. The summed E-state index contributed by atoms with van der Waals surface area (Å²) in [6, 6.07) is 13.1. The fraction of sp³-hybridized carbons (Fsp3) is 0.409. The lowest BCUT2D eigenvalue weighted by molar-refractivity contribution is -0.128. The number of hydrogen-bond donors (Lipinski definition) is 1. The zero-order valence-electron chi connectivity index (χ0n) is 17.0. The first kappa shape index (κ1) is 21.4. The highest BCUT2D eigenvalue weighted by atomic mass is 16.5. The molecule has 0 saturated heterocycles. The van der Waals surface area contributed by atoms with Gasteiger partial charge in [0.15, 0.2) is 17.6 Å². The van der Waals surface area contributed by atoms with Crippen LogP contribution >= 0.6 is 0 Å². The zero-order valence-corrected chi connectivity index (χ0v) is 17.0. The fourth-order valence-corrected chi connectivity index (χ4v) is 2.82. The minimum atomic E-state index is -0.534. The van der Waals surface area contributed by atoms with Crippen molar-refractivity contribution in [2.75, 3.05) is 27.9 Å². The predicted octanol–water partition coefficient (Wildman–Crippen LogP) is 3.62. The first-order valence-corrected chi connectivity index (χ1v) is 9.40. The molecule has 6 nitrogen and oxygen atoms in total. The van der Waals surface area contributed by atoms with Crippen LogP contribution in [-0.4, -0.2) is 39.9 Å². The molecule has 0 saturated carbocycles. The van der Waals surface area contributed by atoms with Gasteiger partial charge in [0.1, 0.15) is 11.5 Å². The molecule has 0 spiro atoms. The van der Waals surface area contributed by atoms with Crippen molar-refractivity contribution in [3.63, 3.8) is 0 Å². The van der Waals surface area contributed by atoms with Gasteiger partial charge in [0.2, 0.25) is 0 Å². The van der Waals surface area contributed by atoms with Gasteiger partial charge in [-0.05, 0) is 49.1 Å². The molecule has 0 fully saturated rings. The molecule has 0 heterocycles. The highest BCUT2D eigenvalue weighted by Gasteiger charge is 2.18. The van der Waals surface area contributed by atoms with Crippen LogP contribution in [-0.2, 0) is 11.2 Å². The average Bonchev–Trinajstić information content (AvgIpc) is 2.74. The number of hydrogen-bond acceptors (Lipinski definition) is 5. The topological polar surface area (TPSA) is 66.0 Å². The van der Waals surface area contributed by atoms with Gasteiger partial charge in [0.25, 0.3) is 5.91 Å². The van der Waals surface area contributed by atoms with Crippen LogP contribution in [0.1, 0.15) is 25.3 Å². The number of carbonyl (C=O) groups is 1. The van der Waals surface area contributed by atoms with Crippen molar-refractivity contribution >= 4 is 5.91 Å². The summed E-state index contributed by atoms with van der Waals surface area (Å²) in [7, 11) is 4.83. The number of amides is 1. The Morgan fingerprint density at radius 2 is 1.71 bits per heavy atom. The molecule has 0 bridgehead atoms. The lowest BCUT2D eigenvalue weighted by atomic mass is 10.1. The Labute approximate surface area is 166 Å². The molecule has 0 radical (unpaired) electrons. The van der Waals surface area contributed by atoms with Crippen LogP contribution in [0.3, 0.4) is 0 Å². The molecule has 6 heteroatoms. The van der Waals surface area contributed by atoms with E-state index in [1.54, 1.807) is 27.4 Å². The van der Waals surface area contributed by atoms with Gasteiger partial charge < -0.3 is 24.3 Å². The van der Waals surface area contributed by atoms with Gasteiger partial charge in [0.05, 0.1) is 21.3 Å². The van der Waals surface area contributed by atoms with Crippen molar-refractivity contribution in [2.45, 2.75) is 32.3 Å². The molecular weight excluding hydrogens is 358 g/mol. The Kier molecular flexibility index (Phi) is 8.46. The molecule has 0 aliphatic carbocycles. The number of ether oxygens (including phenoxy) is 4. The number of rotatable bonds is 11. The molecule has 0 aliphatic heterocycles. The SMILES string of the molecule is CC[C@@H](Oc1cccc(OC)c1)C(=O)NCCCc1ccc(OC)c(OC)c1. The average molecular weight is 387 g/mol. The summed E-state index contributed by atoms with van der Waals surface area (Å²) in [5.74, 6) is 2.62. The monoisotopic (exact) mass is 387 g/mol. The second-order valence-corrected chi connectivity index (χ2v) is 6.28. The van der Waals surface area contributed by atoms with Crippen molar-refractivity contribution in [1.82, 2.24) is 5.32 Å². The van der Waals surface area contributed by atoms with E-state index in [2.05, 4.69) is 5.32 Å². The van der Waals surface area contributed by atoms with Crippen LogP contribution in [0.25, 0.3) is 0 Å². The van der Waals surface area contributed by atoms with E-state index in [0.29, 0.717) is 36.0 Å². The van der Waals surface area contributed by atoms with Crippen molar-refractivity contribution in [3.05, 3.63) is 48.0 Å². The minimum Gasteiger partial charge on any atom is -0.497 e. The van der Waals surface area contributed by atoms with Crippen LogP contribution in [0.2, 0.25) is 0 Å². The van der Waals surface area contributed by atoms with Gasteiger partial charge >= 0.3 is 0 Å². The largest absolute Gasteiger partial charge is 0.497 e. The van der Waals surface area contributed by atoms with Gasteiger partial charge in [-0.15, -0.1) is 0 Å². The minimum absolute atomic E-state index is 0.113. The van der Waals surface area contributed by atoms with Crippen molar-refractivity contribution in [1.29, 1.82) is 0 Å². The Morgan fingerprint density at radius 3 is 2.39 bits per heavy atom. The third-order valence-electron chi connectivity index (χ3n) is 4.37. The van der Waals surface area contributed by atoms with Gasteiger partial charge in [-0.25, -0.2) is 0 Å². The Balaban J connectivity index is 1.81. The van der Waals surface area contributed by atoms with Crippen molar-refractivity contribution in [3.8, 4) is 23.0 Å². The highest BCUT2D eigenvalue weighted by molar-refractivity contribution is 5.81. The van der Waals surface area contributed by atoms with Crippen LogP contribution in [0.4, 0.5) is 0 Å². The van der Waals surface area contributed by atoms with Crippen molar-refractivity contribution < 1.29 is 23.7 Å². The molecule has 28 heavy (non-hydrogen) atoms. The molecule has 2 aromatic carbocycles. The zero-order chi connectivity index (χ0) is 20.4. The first-order valence-electron chi connectivity index (χ1n) is 9.40. The smallest absolute Gasteiger partial charge is 0.261 e. The van der Waals surface area contributed by atoms with E-state index in [4.69, 9.17) is 18.9 Å². The number of carbonyl (C=O) groups excluding carboxylic acids is 1. The molecular formula is C22H29NO5. The third-order valence-corrected chi connectivity index (χ3v) is 4.37. The lowest BCUT2D eigenvalue weighted by Crippen LogP contribution is -2.38. The lowest BCUT2D eigenvalue weighted by Gasteiger charge is -2.17. The normalized spacial score (nSPS) is 11.4. The molecule has 0 aliphatic rings. The van der Waals surface area contributed by atoms with Gasteiger partial charge in [-0.2, -0.15) is 0 Å². The number of benzene rings is 2. The van der Waals surface area contributed by atoms with E-state index < -0.39 is 6.10 Å². The Bertz CT molecular complexity index is 762. The second-order valence-electron chi connectivity index (χ2n) is 6.28. The maximum atomic E-state index is 12.4. The summed E-state index contributed by atoms with van der Waals surface area (Å²) in [6.45, 7) is 2.50. The molecule has 0 aromatic heterocycles. The maximum absolute atomic E-state index is 12.4. The van der Waals surface area contributed by atoms with E-state index in [9.17, 15) is 4.79 Å². The molecule has 2 rings (SSSR count). The van der Waals surface area contributed by atoms with Crippen LogP contribution in [0.5, 0.6) is 23.0 Å². The fourth-order valence-electron chi connectivity index (χ4n) is 2.82. The van der Waals surface area contributed by atoms with E-state index in [0.717, 1.165) is 18.4 Å². The molecule has 1 atom stereocenters. The van der Waals surface area contributed by atoms with E-state index in [1.807, 2.05) is 43.3 Å².